The van der Waals surface area contributed by atoms with E-state index in [-0.39, 0.29) is 6.04 Å². The van der Waals surface area contributed by atoms with Crippen LogP contribution in [0.1, 0.15) is 6.42 Å². The summed E-state index contributed by atoms with van der Waals surface area (Å²) in [5.74, 6) is 2.57. The van der Waals surface area contributed by atoms with Crippen molar-refractivity contribution in [3.63, 3.8) is 0 Å². The lowest BCUT2D eigenvalue weighted by atomic mass is 10.0. The highest BCUT2D eigenvalue weighted by Gasteiger charge is 2.23. The second-order valence-electron chi connectivity index (χ2n) is 2.32. The topological polar surface area (TPSA) is 49.8 Å². The summed E-state index contributed by atoms with van der Waals surface area (Å²) in [7, 11) is 0. The standard InChI is InChI=1S/C6H10N2S/c7-2-1-5-3-9-4-6(5)8/h5-6H,1,3-4,8H2/t5-,6+/m0/s1. The van der Waals surface area contributed by atoms with E-state index in [4.69, 9.17) is 11.0 Å². The first-order chi connectivity index (χ1) is 4.34. The zero-order chi connectivity index (χ0) is 6.69. The van der Waals surface area contributed by atoms with Gasteiger partial charge in [-0.3, -0.25) is 0 Å². The Hall–Kier alpha value is -0.200. The minimum absolute atomic E-state index is 0.273. The summed E-state index contributed by atoms with van der Waals surface area (Å²) < 4.78 is 0. The Kier molecular flexibility index (Phi) is 2.38. The Morgan fingerprint density at radius 3 is 2.89 bits per heavy atom. The molecule has 1 fully saturated rings. The van der Waals surface area contributed by atoms with Crippen LogP contribution < -0.4 is 5.73 Å². The van der Waals surface area contributed by atoms with Crippen molar-refractivity contribution >= 4 is 11.8 Å². The molecule has 0 saturated carbocycles. The summed E-state index contributed by atoms with van der Waals surface area (Å²) in [5, 5.41) is 8.33. The molecular formula is C6H10N2S. The Labute approximate surface area is 59.4 Å². The molecule has 1 rings (SSSR count). The van der Waals surface area contributed by atoms with Crippen LogP contribution in [0.2, 0.25) is 0 Å². The van der Waals surface area contributed by atoms with Crippen LogP contribution in [-0.4, -0.2) is 17.5 Å². The van der Waals surface area contributed by atoms with Gasteiger partial charge in [-0.15, -0.1) is 0 Å². The highest BCUT2D eigenvalue weighted by Crippen LogP contribution is 2.24. The Morgan fingerprint density at radius 2 is 2.44 bits per heavy atom. The van der Waals surface area contributed by atoms with Gasteiger partial charge in [0.05, 0.1) is 6.07 Å². The lowest BCUT2D eigenvalue weighted by Gasteiger charge is -2.07. The average molecular weight is 142 g/mol. The zero-order valence-corrected chi connectivity index (χ0v) is 6.03. The van der Waals surface area contributed by atoms with Crippen molar-refractivity contribution in [2.45, 2.75) is 12.5 Å². The molecular weight excluding hydrogens is 132 g/mol. The van der Waals surface area contributed by atoms with Gasteiger partial charge in [-0.25, -0.2) is 0 Å². The summed E-state index contributed by atoms with van der Waals surface area (Å²) in [6.45, 7) is 0. The third kappa shape index (κ3) is 1.60. The third-order valence-electron chi connectivity index (χ3n) is 1.60. The molecule has 0 amide bonds. The van der Waals surface area contributed by atoms with Gasteiger partial charge in [0.15, 0.2) is 0 Å². The Bertz CT molecular complexity index is 130. The molecule has 0 spiro atoms. The number of thioether (sulfide) groups is 1. The number of nitrogens with zero attached hydrogens (tertiary/aromatic N) is 1. The predicted octanol–water partition coefficient (Wildman–Crippen LogP) is 0.590. The van der Waals surface area contributed by atoms with E-state index in [1.807, 2.05) is 11.8 Å². The molecule has 1 aliphatic rings. The van der Waals surface area contributed by atoms with Crippen LogP contribution >= 0.6 is 11.8 Å². The summed E-state index contributed by atoms with van der Waals surface area (Å²) in [5.41, 5.74) is 5.69. The summed E-state index contributed by atoms with van der Waals surface area (Å²) in [4.78, 5) is 0. The van der Waals surface area contributed by atoms with Gasteiger partial charge in [0.25, 0.3) is 0 Å². The highest BCUT2D eigenvalue weighted by molar-refractivity contribution is 7.99. The molecule has 1 saturated heterocycles. The van der Waals surface area contributed by atoms with Crippen molar-refractivity contribution in [3.8, 4) is 6.07 Å². The fourth-order valence-corrected chi connectivity index (χ4v) is 2.29. The van der Waals surface area contributed by atoms with Gasteiger partial charge in [-0.2, -0.15) is 17.0 Å². The minimum Gasteiger partial charge on any atom is -0.327 e. The van der Waals surface area contributed by atoms with E-state index in [1.165, 1.54) is 0 Å². The number of rotatable bonds is 1. The zero-order valence-electron chi connectivity index (χ0n) is 5.21. The van der Waals surface area contributed by atoms with E-state index < -0.39 is 0 Å². The maximum atomic E-state index is 8.33. The quantitative estimate of drug-likeness (QED) is 0.583. The molecule has 9 heavy (non-hydrogen) atoms. The number of nitrogens with two attached hydrogens (primary N) is 1. The van der Waals surface area contributed by atoms with Gasteiger partial charge >= 0.3 is 0 Å². The summed E-state index contributed by atoms with van der Waals surface area (Å²) in [6.07, 6.45) is 0.633. The lowest BCUT2D eigenvalue weighted by Crippen LogP contribution is -2.27. The van der Waals surface area contributed by atoms with E-state index in [1.54, 1.807) is 0 Å². The SMILES string of the molecule is N#CC[C@H]1CSC[C@H]1N. The first-order valence-electron chi connectivity index (χ1n) is 3.05. The first-order valence-corrected chi connectivity index (χ1v) is 4.20. The van der Waals surface area contributed by atoms with Crippen LogP contribution in [0, 0.1) is 17.2 Å². The number of hydrogen-bond donors (Lipinski definition) is 1. The van der Waals surface area contributed by atoms with Crippen molar-refractivity contribution in [2.24, 2.45) is 11.7 Å². The third-order valence-corrected chi connectivity index (χ3v) is 2.89. The van der Waals surface area contributed by atoms with Crippen LogP contribution in [0.15, 0.2) is 0 Å². The van der Waals surface area contributed by atoms with E-state index in [9.17, 15) is 0 Å². The molecule has 0 radical (unpaired) electrons. The van der Waals surface area contributed by atoms with Crippen molar-refractivity contribution in [1.29, 1.82) is 5.26 Å². The first kappa shape index (κ1) is 6.91. The lowest BCUT2D eigenvalue weighted by molar-refractivity contribution is 0.529. The van der Waals surface area contributed by atoms with Crippen LogP contribution in [0.3, 0.4) is 0 Å². The summed E-state index contributed by atoms with van der Waals surface area (Å²) in [6, 6.07) is 2.42. The predicted molar refractivity (Wildman–Crippen MR) is 39.0 cm³/mol. The van der Waals surface area contributed by atoms with Gasteiger partial charge < -0.3 is 5.73 Å². The molecule has 0 aromatic heterocycles. The fraction of sp³-hybridized carbons (Fsp3) is 0.833. The van der Waals surface area contributed by atoms with Crippen LogP contribution in [0.4, 0.5) is 0 Å². The van der Waals surface area contributed by atoms with E-state index >= 15 is 0 Å². The fourth-order valence-electron chi connectivity index (χ4n) is 0.943. The Morgan fingerprint density at radius 1 is 1.67 bits per heavy atom. The average Bonchev–Trinajstić information content (AvgIpc) is 2.18. The van der Waals surface area contributed by atoms with Crippen molar-refractivity contribution in [3.05, 3.63) is 0 Å². The molecule has 0 aromatic carbocycles. The van der Waals surface area contributed by atoms with E-state index in [0.717, 1.165) is 11.5 Å². The molecule has 0 bridgehead atoms. The highest BCUT2D eigenvalue weighted by atomic mass is 32.2. The molecule has 3 heteroatoms. The van der Waals surface area contributed by atoms with Crippen LogP contribution in [-0.2, 0) is 0 Å². The molecule has 0 aliphatic carbocycles. The van der Waals surface area contributed by atoms with Crippen LogP contribution in [0.25, 0.3) is 0 Å². The molecule has 0 unspecified atom stereocenters. The molecule has 2 N–H and O–H groups in total. The molecule has 0 aromatic rings. The minimum atomic E-state index is 0.273. The van der Waals surface area contributed by atoms with Gasteiger partial charge in [0.2, 0.25) is 0 Å². The van der Waals surface area contributed by atoms with Gasteiger partial charge in [0.1, 0.15) is 0 Å². The van der Waals surface area contributed by atoms with Crippen molar-refractivity contribution < 1.29 is 0 Å². The number of nitriles is 1. The second kappa shape index (κ2) is 3.09. The van der Waals surface area contributed by atoms with Gasteiger partial charge in [-0.05, 0) is 11.7 Å². The smallest absolute Gasteiger partial charge is 0.0625 e. The Balaban J connectivity index is 2.33. The molecule has 1 heterocycles. The largest absolute Gasteiger partial charge is 0.327 e. The molecule has 2 atom stereocenters. The van der Waals surface area contributed by atoms with Crippen molar-refractivity contribution in [1.82, 2.24) is 0 Å². The monoisotopic (exact) mass is 142 g/mol. The second-order valence-corrected chi connectivity index (χ2v) is 3.40. The van der Waals surface area contributed by atoms with Gasteiger partial charge in [-0.1, -0.05) is 0 Å². The number of hydrogen-bond acceptors (Lipinski definition) is 3. The van der Waals surface area contributed by atoms with Crippen molar-refractivity contribution in [2.75, 3.05) is 11.5 Å². The maximum Gasteiger partial charge on any atom is 0.0625 e. The van der Waals surface area contributed by atoms with Gasteiger partial charge in [0, 0.05) is 18.2 Å². The summed E-state index contributed by atoms with van der Waals surface area (Å²) >= 11 is 1.85. The molecule has 2 nitrogen and oxygen atoms in total. The van der Waals surface area contributed by atoms with Crippen LogP contribution in [0.5, 0.6) is 0 Å². The normalized spacial score (nSPS) is 34.2. The van der Waals surface area contributed by atoms with E-state index in [2.05, 4.69) is 6.07 Å². The molecule has 1 aliphatic heterocycles. The van der Waals surface area contributed by atoms with E-state index in [0.29, 0.717) is 12.3 Å². The molecule has 50 valence electrons. The maximum absolute atomic E-state index is 8.33.